The fourth-order valence-corrected chi connectivity index (χ4v) is 3.04. The first-order valence-corrected chi connectivity index (χ1v) is 9.90. The van der Waals surface area contributed by atoms with Crippen molar-refractivity contribution in [3.05, 3.63) is 66.5 Å². The maximum atomic E-state index is 12.4. The van der Waals surface area contributed by atoms with Crippen LogP contribution in [0.1, 0.15) is 24.9 Å². The molecular formula is C23H26N4O4. The van der Waals surface area contributed by atoms with E-state index in [0.717, 1.165) is 5.56 Å². The van der Waals surface area contributed by atoms with E-state index < -0.39 is 6.04 Å². The van der Waals surface area contributed by atoms with E-state index in [1.165, 1.54) is 0 Å². The minimum Gasteiger partial charge on any atom is -0.497 e. The smallest absolute Gasteiger partial charge is 0.248 e. The van der Waals surface area contributed by atoms with Crippen LogP contribution in [0.15, 0.2) is 60.9 Å². The van der Waals surface area contributed by atoms with Gasteiger partial charge in [0.2, 0.25) is 11.8 Å². The Kier molecular flexibility index (Phi) is 7.26. The van der Waals surface area contributed by atoms with Gasteiger partial charge in [-0.1, -0.05) is 6.07 Å². The number of aryl methyl sites for hydroxylation is 1. The van der Waals surface area contributed by atoms with Crippen molar-refractivity contribution in [2.24, 2.45) is 0 Å². The molecule has 1 heterocycles. The van der Waals surface area contributed by atoms with E-state index >= 15 is 0 Å². The van der Waals surface area contributed by atoms with Crippen molar-refractivity contribution in [1.29, 1.82) is 0 Å². The van der Waals surface area contributed by atoms with Crippen LogP contribution in [-0.4, -0.2) is 35.8 Å². The van der Waals surface area contributed by atoms with E-state index in [9.17, 15) is 9.59 Å². The van der Waals surface area contributed by atoms with Crippen molar-refractivity contribution in [3.63, 3.8) is 0 Å². The van der Waals surface area contributed by atoms with Crippen LogP contribution in [0.25, 0.3) is 0 Å². The number of rotatable bonds is 9. The van der Waals surface area contributed by atoms with Crippen molar-refractivity contribution >= 4 is 23.2 Å². The number of carbonyl (C=O) groups excluding carboxylic acids is 2. The zero-order chi connectivity index (χ0) is 22.2. The molecule has 0 spiro atoms. The molecule has 0 saturated heterocycles. The summed E-state index contributed by atoms with van der Waals surface area (Å²) in [6.07, 6.45) is 4.20. The molecule has 2 aromatic carbocycles. The minimum absolute atomic E-state index is 0.129. The Morgan fingerprint density at radius 3 is 2.29 bits per heavy atom. The predicted molar refractivity (Wildman–Crippen MR) is 119 cm³/mol. The highest BCUT2D eigenvalue weighted by Crippen LogP contribution is 2.23. The summed E-state index contributed by atoms with van der Waals surface area (Å²) in [5.74, 6) is 1.04. The van der Waals surface area contributed by atoms with Gasteiger partial charge in [0, 0.05) is 36.3 Å². The Morgan fingerprint density at radius 2 is 1.68 bits per heavy atom. The number of hydrogen-bond donors (Lipinski definition) is 2. The van der Waals surface area contributed by atoms with E-state index in [4.69, 9.17) is 9.47 Å². The number of anilines is 2. The summed E-state index contributed by atoms with van der Waals surface area (Å²) in [4.78, 5) is 24.8. The van der Waals surface area contributed by atoms with Gasteiger partial charge < -0.3 is 20.1 Å². The van der Waals surface area contributed by atoms with Crippen LogP contribution in [-0.2, 0) is 16.0 Å². The number of nitrogens with zero attached hydrogens (tertiary/aromatic N) is 2. The molecule has 2 N–H and O–H groups in total. The molecule has 1 atom stereocenters. The molecule has 3 rings (SSSR count). The summed E-state index contributed by atoms with van der Waals surface area (Å²) in [5.41, 5.74) is 2.15. The van der Waals surface area contributed by atoms with E-state index in [0.29, 0.717) is 35.7 Å². The van der Waals surface area contributed by atoms with Crippen LogP contribution in [0.5, 0.6) is 11.5 Å². The molecule has 8 nitrogen and oxygen atoms in total. The van der Waals surface area contributed by atoms with Crippen LogP contribution >= 0.6 is 0 Å². The summed E-state index contributed by atoms with van der Waals surface area (Å²) in [5, 5.41) is 9.80. The summed E-state index contributed by atoms with van der Waals surface area (Å²) in [6, 6.07) is 13.9. The number of amides is 2. The molecule has 0 saturated carbocycles. The highest BCUT2D eigenvalue weighted by atomic mass is 16.5. The van der Waals surface area contributed by atoms with Crippen molar-refractivity contribution in [3.8, 4) is 11.5 Å². The molecule has 31 heavy (non-hydrogen) atoms. The number of carbonyl (C=O) groups is 2. The maximum Gasteiger partial charge on any atom is 0.248 e. The fraction of sp³-hybridized carbons (Fsp3) is 0.261. The molecule has 0 bridgehead atoms. The lowest BCUT2D eigenvalue weighted by molar-refractivity contribution is -0.119. The van der Waals surface area contributed by atoms with Gasteiger partial charge >= 0.3 is 0 Å². The van der Waals surface area contributed by atoms with Gasteiger partial charge in [0.15, 0.2) is 0 Å². The average molecular weight is 422 g/mol. The zero-order valence-corrected chi connectivity index (χ0v) is 17.8. The second-order valence-electron chi connectivity index (χ2n) is 7.00. The van der Waals surface area contributed by atoms with Crippen LogP contribution in [0.2, 0.25) is 0 Å². The number of methoxy groups -OCH3 is 2. The van der Waals surface area contributed by atoms with Crippen molar-refractivity contribution in [1.82, 2.24) is 9.78 Å². The average Bonchev–Trinajstić information content (AvgIpc) is 3.32. The topological polar surface area (TPSA) is 94.5 Å². The Hall–Kier alpha value is -3.81. The second kappa shape index (κ2) is 10.3. The summed E-state index contributed by atoms with van der Waals surface area (Å²) < 4.78 is 12.1. The van der Waals surface area contributed by atoms with Gasteiger partial charge in [-0.15, -0.1) is 0 Å². The van der Waals surface area contributed by atoms with Gasteiger partial charge in [0.25, 0.3) is 0 Å². The van der Waals surface area contributed by atoms with Gasteiger partial charge in [-0.25, -0.2) is 0 Å². The molecule has 1 unspecified atom stereocenters. The normalized spacial score (nSPS) is 11.5. The van der Waals surface area contributed by atoms with E-state index in [2.05, 4.69) is 15.7 Å². The summed E-state index contributed by atoms with van der Waals surface area (Å²) in [6.45, 7) is 1.77. The molecule has 162 valence electrons. The predicted octanol–water partition coefficient (Wildman–Crippen LogP) is 3.67. The quantitative estimate of drug-likeness (QED) is 0.549. The Labute approximate surface area is 181 Å². The van der Waals surface area contributed by atoms with E-state index in [-0.39, 0.29) is 11.8 Å². The van der Waals surface area contributed by atoms with E-state index in [1.807, 2.05) is 12.1 Å². The Morgan fingerprint density at radius 1 is 1.00 bits per heavy atom. The standard InChI is InChI=1S/C23H26N4O4/c1-16(27-11-5-10-24-27)23(29)26-19-7-4-6-18(14-19)25-22(28)9-8-17-12-20(30-2)15-21(13-17)31-3/h4-7,10-16H,8-9H2,1-3H3,(H,25,28)(H,26,29). The van der Waals surface area contributed by atoms with Crippen LogP contribution < -0.4 is 20.1 Å². The first-order chi connectivity index (χ1) is 15.0. The van der Waals surface area contributed by atoms with Gasteiger partial charge in [-0.3, -0.25) is 14.3 Å². The van der Waals surface area contributed by atoms with Crippen molar-refractivity contribution < 1.29 is 19.1 Å². The molecule has 0 radical (unpaired) electrons. The third-order valence-electron chi connectivity index (χ3n) is 4.77. The molecule has 1 aromatic heterocycles. The lowest BCUT2D eigenvalue weighted by Crippen LogP contribution is -2.24. The lowest BCUT2D eigenvalue weighted by atomic mass is 10.1. The molecular weight excluding hydrogens is 396 g/mol. The largest absolute Gasteiger partial charge is 0.497 e. The monoisotopic (exact) mass is 422 g/mol. The number of hydrogen-bond acceptors (Lipinski definition) is 5. The summed E-state index contributed by atoms with van der Waals surface area (Å²) >= 11 is 0. The highest BCUT2D eigenvalue weighted by Gasteiger charge is 2.15. The molecule has 0 aliphatic heterocycles. The molecule has 0 aliphatic carbocycles. The molecule has 2 amide bonds. The van der Waals surface area contributed by atoms with Gasteiger partial charge in [-0.2, -0.15) is 5.10 Å². The lowest BCUT2D eigenvalue weighted by Gasteiger charge is -2.13. The summed E-state index contributed by atoms with van der Waals surface area (Å²) in [7, 11) is 3.18. The van der Waals surface area contributed by atoms with Crippen LogP contribution in [0.3, 0.4) is 0 Å². The third-order valence-corrected chi connectivity index (χ3v) is 4.77. The molecule has 0 fully saturated rings. The number of benzene rings is 2. The first kappa shape index (κ1) is 21.9. The molecule has 8 heteroatoms. The third kappa shape index (κ3) is 6.08. The second-order valence-corrected chi connectivity index (χ2v) is 7.00. The number of aromatic nitrogens is 2. The number of ether oxygens (including phenoxy) is 2. The maximum absolute atomic E-state index is 12.4. The minimum atomic E-state index is -0.451. The Bertz CT molecular complexity index is 1010. The van der Waals surface area contributed by atoms with Gasteiger partial charge in [0.1, 0.15) is 17.5 Å². The highest BCUT2D eigenvalue weighted by molar-refractivity contribution is 5.95. The van der Waals surface area contributed by atoms with Crippen molar-refractivity contribution in [2.75, 3.05) is 24.9 Å². The van der Waals surface area contributed by atoms with Gasteiger partial charge in [0.05, 0.1) is 14.2 Å². The number of nitrogens with one attached hydrogen (secondary N) is 2. The first-order valence-electron chi connectivity index (χ1n) is 9.90. The zero-order valence-electron chi connectivity index (χ0n) is 17.8. The van der Waals surface area contributed by atoms with Crippen LogP contribution in [0.4, 0.5) is 11.4 Å². The van der Waals surface area contributed by atoms with E-state index in [1.54, 1.807) is 74.6 Å². The fourth-order valence-electron chi connectivity index (χ4n) is 3.04. The SMILES string of the molecule is COc1cc(CCC(=O)Nc2cccc(NC(=O)C(C)n3cccn3)c2)cc(OC)c1. The Balaban J connectivity index is 1.57. The van der Waals surface area contributed by atoms with Crippen LogP contribution in [0, 0.1) is 0 Å². The van der Waals surface area contributed by atoms with Gasteiger partial charge in [-0.05, 0) is 55.3 Å². The van der Waals surface area contributed by atoms with Crippen molar-refractivity contribution in [2.45, 2.75) is 25.8 Å². The molecule has 0 aliphatic rings. The molecule has 3 aromatic rings.